The van der Waals surface area contributed by atoms with E-state index >= 15 is 0 Å². The summed E-state index contributed by atoms with van der Waals surface area (Å²) in [7, 11) is 0. The van der Waals surface area contributed by atoms with Gasteiger partial charge in [-0.25, -0.2) is 13.2 Å². The van der Waals surface area contributed by atoms with Crippen LogP contribution in [0.1, 0.15) is 89.0 Å². The number of Topliss-reactive ketones (excluding diaryl/α,β-unsaturated/α-hetero) is 2. The van der Waals surface area contributed by atoms with Crippen molar-refractivity contribution in [3.63, 3.8) is 0 Å². The minimum atomic E-state index is -1.02. The summed E-state index contributed by atoms with van der Waals surface area (Å²) in [5, 5.41) is 23.9. The molecule has 9 N–H and O–H groups in total. The van der Waals surface area contributed by atoms with E-state index in [0.717, 1.165) is 44.4 Å². The van der Waals surface area contributed by atoms with Crippen LogP contribution in [0.25, 0.3) is 21.8 Å². The average molecular weight is 1250 g/mol. The topological polar surface area (TPSA) is 298 Å². The molecule has 3 aliphatic carbocycles. The highest BCUT2D eigenvalue weighted by molar-refractivity contribution is 6.31. The Morgan fingerprint density at radius 1 is 0.628 bits per heavy atom. The van der Waals surface area contributed by atoms with E-state index in [1.807, 2.05) is 0 Å². The van der Waals surface area contributed by atoms with E-state index in [1.165, 1.54) is 51.4 Å². The molecule has 0 spiro atoms. The number of carboxylic acid groups (broad SMARTS) is 1. The zero-order valence-electron chi connectivity index (χ0n) is 46.8. The maximum atomic E-state index is 14.1. The van der Waals surface area contributed by atoms with Gasteiger partial charge in [-0.15, -0.1) is 0 Å². The molecule has 2 heterocycles. The van der Waals surface area contributed by atoms with Gasteiger partial charge in [-0.3, -0.25) is 42.9 Å². The van der Waals surface area contributed by atoms with E-state index in [2.05, 4.69) is 20.8 Å². The Morgan fingerprint density at radius 2 is 1.09 bits per heavy atom. The molecule has 0 unspecified atom stereocenters. The van der Waals surface area contributed by atoms with Gasteiger partial charge in [-0.05, 0) is 111 Å². The number of nitrogens with two attached hydrogens (primary N) is 3. The fourth-order valence-corrected chi connectivity index (χ4v) is 8.96. The number of aryl methyl sites for hydroxylation is 2. The van der Waals surface area contributed by atoms with Gasteiger partial charge in [0, 0.05) is 48.2 Å². The van der Waals surface area contributed by atoms with Crippen LogP contribution < -0.4 is 27.8 Å². The number of nitrogens with zero attached hydrogens (tertiary/aromatic N) is 5. The van der Waals surface area contributed by atoms with Gasteiger partial charge in [0.2, 0.25) is 11.8 Å². The lowest BCUT2D eigenvalue weighted by Gasteiger charge is -2.22. The van der Waals surface area contributed by atoms with E-state index in [1.54, 1.807) is 78.9 Å². The number of carbonyl (C=O) groups is 8. The number of para-hydroxylation sites is 2. The molecule has 10 rings (SSSR count). The third kappa shape index (κ3) is 21.2. The van der Waals surface area contributed by atoms with Crippen molar-refractivity contribution < 1.29 is 56.6 Å². The monoisotopic (exact) mass is 1240 g/mol. The second-order valence-electron chi connectivity index (χ2n) is 20.6. The number of hydrogen-bond acceptors (Lipinski definition) is 12. The maximum Gasteiger partial charge on any atom is 0.325 e. The number of benzene rings is 5. The molecule has 0 atom stereocenters. The van der Waals surface area contributed by atoms with Crippen LogP contribution in [0.2, 0.25) is 15.1 Å². The molecule has 0 radical (unpaired) electrons. The molecule has 3 fully saturated rings. The molecule has 4 amide bonds. The third-order valence-electron chi connectivity index (χ3n) is 13.6. The number of amides is 4. The van der Waals surface area contributed by atoms with Gasteiger partial charge in [0.15, 0.2) is 11.4 Å². The van der Waals surface area contributed by atoms with Crippen LogP contribution in [0.3, 0.4) is 0 Å². The molecule has 7 aromatic rings. The third-order valence-corrected chi connectivity index (χ3v) is 14.5. The summed E-state index contributed by atoms with van der Waals surface area (Å²) >= 11 is 17.0. The highest BCUT2D eigenvalue weighted by atomic mass is 35.5. The first kappa shape index (κ1) is 67.1. The second-order valence-corrected chi connectivity index (χ2v) is 21.9. The van der Waals surface area contributed by atoms with Gasteiger partial charge in [0.1, 0.15) is 48.4 Å². The van der Waals surface area contributed by atoms with Crippen LogP contribution in [0.5, 0.6) is 0 Å². The summed E-state index contributed by atoms with van der Waals surface area (Å²) in [6.45, 7) is 1.12. The fraction of sp³-hybridized carbons (Fsp3) is 0.344. The van der Waals surface area contributed by atoms with E-state index in [4.69, 9.17) is 57.1 Å². The standard InChI is InChI=1S/C23H23ClFN5O3.C14H17ClFNO.C10H11ClFNO.C10H9N3O3.C4H6O/c24-17-6-3-4-15(21(17)25)10-27-19(31)12-29(11-14-8-9-14)20(32)13-30-18-7-2-1-5-16(18)22(28-30)23(26)33;15-13-3-1-2-11(14(13)16)6-7-12(18)9-17-8-10-4-5-10;11-9-3-1-2-7(10(9)12)4-5-8(14)6-13;11-10(16)9-6-3-1-2-4-7(6)13(12-9)5-8(14)15;5-3-4-1-2-4/h1-7,14H,8-13H2,(H2,26,33)(H,27,31);1-3,10,17H,4-9H2;1-3H,4-6,13H2;1-4H,5H2,(H2,11,16)(H,14,15);3-4H,1-2H2. The highest BCUT2D eigenvalue weighted by Crippen LogP contribution is 2.31. The zero-order valence-corrected chi connectivity index (χ0v) is 49.1. The molecule has 0 saturated heterocycles. The number of fused-ring (bicyclic) bond motifs is 2. The minimum Gasteiger partial charge on any atom is -0.480 e. The first-order chi connectivity index (χ1) is 41.2. The lowest BCUT2D eigenvalue weighted by atomic mass is 10.1. The lowest BCUT2D eigenvalue weighted by molar-refractivity contribution is -0.138. The number of ketones is 2. The van der Waals surface area contributed by atoms with Crippen LogP contribution in [0.15, 0.2) is 103 Å². The van der Waals surface area contributed by atoms with Crippen molar-refractivity contribution in [2.45, 2.75) is 83.8 Å². The quantitative estimate of drug-likeness (QED) is 0.0311. The van der Waals surface area contributed by atoms with E-state index in [-0.39, 0.29) is 88.6 Å². The largest absolute Gasteiger partial charge is 0.480 e. The minimum absolute atomic E-state index is 0.00217. The molecule has 86 heavy (non-hydrogen) atoms. The molecular weight excluding hydrogens is 1180 g/mol. The molecule has 0 aliphatic heterocycles. The number of rotatable bonds is 24. The van der Waals surface area contributed by atoms with E-state index in [0.29, 0.717) is 77.1 Å². The molecule has 25 heteroatoms. The summed E-state index contributed by atoms with van der Waals surface area (Å²) in [5.41, 5.74) is 18.3. The molecule has 0 bridgehead atoms. The number of halogens is 6. The van der Waals surface area contributed by atoms with E-state index in [9.17, 15) is 51.5 Å². The van der Waals surface area contributed by atoms with Crippen molar-refractivity contribution in [1.82, 2.24) is 35.1 Å². The maximum absolute atomic E-state index is 14.1. The Hall–Kier alpha value is -8.02. The summed E-state index contributed by atoms with van der Waals surface area (Å²) in [5.74, 6) is -2.91. The molecule has 3 saturated carbocycles. The fourth-order valence-electron chi connectivity index (χ4n) is 8.38. The zero-order chi connectivity index (χ0) is 62.5. The Morgan fingerprint density at radius 3 is 1.53 bits per heavy atom. The van der Waals surface area contributed by atoms with Gasteiger partial charge >= 0.3 is 5.97 Å². The molecule has 456 valence electrons. The van der Waals surface area contributed by atoms with Gasteiger partial charge < -0.3 is 42.6 Å². The molecular formula is C61H66Cl3F3N10O9. The molecule has 2 aromatic heterocycles. The predicted octanol–water partition coefficient (Wildman–Crippen LogP) is 8.22. The highest BCUT2D eigenvalue weighted by Gasteiger charge is 2.29. The van der Waals surface area contributed by atoms with Gasteiger partial charge in [0.05, 0.1) is 45.7 Å². The number of carbonyl (C=O) groups excluding carboxylic acids is 7. The van der Waals surface area contributed by atoms with Crippen molar-refractivity contribution in [3.8, 4) is 0 Å². The number of nitrogens with one attached hydrogen (secondary N) is 2. The van der Waals surface area contributed by atoms with Crippen LogP contribution in [-0.4, -0.2) is 110 Å². The van der Waals surface area contributed by atoms with Crippen molar-refractivity contribution in [2.75, 3.05) is 32.7 Å². The number of carboxylic acids is 1. The van der Waals surface area contributed by atoms with Crippen molar-refractivity contribution in [3.05, 3.63) is 164 Å². The molecule has 19 nitrogen and oxygen atoms in total. The van der Waals surface area contributed by atoms with Crippen LogP contribution in [0, 0.1) is 35.2 Å². The Balaban J connectivity index is 0.000000189. The number of aldehydes is 1. The number of aliphatic carboxylic acids is 1. The molecule has 5 aromatic carbocycles. The lowest BCUT2D eigenvalue weighted by Crippen LogP contribution is -2.43. The first-order valence-electron chi connectivity index (χ1n) is 27.6. The van der Waals surface area contributed by atoms with Crippen molar-refractivity contribution >= 4 is 104 Å². The van der Waals surface area contributed by atoms with Gasteiger partial charge in [-0.2, -0.15) is 10.2 Å². The average Bonchev–Trinajstić information content (AvgIpc) is 3.62. The smallest absolute Gasteiger partial charge is 0.325 e. The second kappa shape index (κ2) is 33.0. The van der Waals surface area contributed by atoms with Crippen LogP contribution >= 0.6 is 34.8 Å². The summed E-state index contributed by atoms with van der Waals surface area (Å²) in [4.78, 5) is 92.7. The summed E-state index contributed by atoms with van der Waals surface area (Å²) in [6, 6.07) is 28.1. The van der Waals surface area contributed by atoms with Gasteiger partial charge in [-0.1, -0.05) is 108 Å². The summed E-state index contributed by atoms with van der Waals surface area (Å²) in [6.07, 6.45) is 9.23. The normalized spacial score (nSPS) is 13.1. The first-order valence-corrected chi connectivity index (χ1v) is 28.8. The van der Waals surface area contributed by atoms with Crippen molar-refractivity contribution in [1.29, 1.82) is 0 Å². The van der Waals surface area contributed by atoms with Gasteiger partial charge in [0.25, 0.3) is 11.8 Å². The van der Waals surface area contributed by atoms with Crippen LogP contribution in [-0.2, 0) is 61.2 Å². The Bertz CT molecular complexity index is 3550. The van der Waals surface area contributed by atoms with Crippen molar-refractivity contribution in [2.24, 2.45) is 35.0 Å². The number of hydrogen-bond donors (Lipinski definition) is 6. The SMILES string of the molecule is NC(=O)c1nn(CC(=O)N(CC(=O)NCc2cccc(Cl)c2F)CC2CC2)c2ccccc12.NC(=O)c1nn(CC(=O)O)c2ccccc12.NCC(=O)CCc1cccc(Cl)c1F.O=C(CCc1cccc(Cl)c1F)CNCC1CC1.O=CC1CC1. The molecule has 3 aliphatic rings. The number of primary amides is 2. The van der Waals surface area contributed by atoms with E-state index < -0.39 is 41.1 Å². The Kier molecular flexibility index (Phi) is 25.8. The summed E-state index contributed by atoms with van der Waals surface area (Å²) < 4.78 is 43.6. The Labute approximate surface area is 508 Å². The number of aromatic nitrogens is 4. The predicted molar refractivity (Wildman–Crippen MR) is 320 cm³/mol. The van der Waals surface area contributed by atoms with Crippen LogP contribution in [0.4, 0.5) is 13.2 Å².